The number of halogens is 3. The maximum atomic E-state index is 13.3. The molecular weight excluding hydrogens is 467 g/mol. The number of rotatable bonds is 6. The number of sulfonamides is 1. The fraction of sp³-hybridized carbons (Fsp3) is 0.0952. The van der Waals surface area contributed by atoms with Crippen LogP contribution in [0, 0.1) is 6.92 Å². The first-order chi connectivity index (χ1) is 14.2. The third-order valence-corrected chi connectivity index (χ3v) is 6.69. The lowest BCUT2D eigenvalue weighted by molar-refractivity contribution is -0.114. The van der Waals surface area contributed by atoms with E-state index in [1.54, 1.807) is 43.3 Å². The molecule has 0 aromatic heterocycles. The molecule has 3 rings (SSSR count). The summed E-state index contributed by atoms with van der Waals surface area (Å²) in [5, 5.41) is 3.65. The molecular formula is C21H17Cl3N2O3S. The molecule has 0 aliphatic heterocycles. The van der Waals surface area contributed by atoms with Crippen molar-refractivity contribution in [2.75, 3.05) is 16.2 Å². The first-order valence-corrected chi connectivity index (χ1v) is 11.3. The molecule has 0 heterocycles. The maximum absolute atomic E-state index is 13.3. The van der Waals surface area contributed by atoms with Gasteiger partial charge in [0.05, 0.1) is 10.6 Å². The average molecular weight is 484 g/mol. The highest BCUT2D eigenvalue weighted by atomic mass is 35.5. The molecule has 30 heavy (non-hydrogen) atoms. The number of nitrogens with zero attached hydrogens (tertiary/aromatic N) is 1. The first-order valence-electron chi connectivity index (χ1n) is 8.77. The molecule has 0 spiro atoms. The minimum absolute atomic E-state index is 0.0350. The van der Waals surface area contributed by atoms with Crippen LogP contribution in [0.5, 0.6) is 0 Å². The van der Waals surface area contributed by atoms with Gasteiger partial charge in [-0.15, -0.1) is 0 Å². The molecule has 156 valence electrons. The minimum Gasteiger partial charge on any atom is -0.324 e. The van der Waals surface area contributed by atoms with Crippen molar-refractivity contribution < 1.29 is 13.2 Å². The van der Waals surface area contributed by atoms with Crippen molar-refractivity contribution >= 4 is 62.1 Å². The topological polar surface area (TPSA) is 66.5 Å². The molecule has 0 aliphatic carbocycles. The van der Waals surface area contributed by atoms with Crippen LogP contribution in [0.4, 0.5) is 11.4 Å². The molecule has 3 aromatic carbocycles. The van der Waals surface area contributed by atoms with E-state index in [9.17, 15) is 13.2 Å². The van der Waals surface area contributed by atoms with Crippen LogP contribution in [-0.4, -0.2) is 20.9 Å². The Labute approximate surface area is 190 Å². The second kappa shape index (κ2) is 9.27. The summed E-state index contributed by atoms with van der Waals surface area (Å²) >= 11 is 18.1. The quantitative estimate of drug-likeness (QED) is 0.482. The van der Waals surface area contributed by atoms with Crippen LogP contribution in [0.15, 0.2) is 71.6 Å². The van der Waals surface area contributed by atoms with Gasteiger partial charge in [0.25, 0.3) is 10.0 Å². The van der Waals surface area contributed by atoms with Crippen molar-refractivity contribution in [1.29, 1.82) is 0 Å². The van der Waals surface area contributed by atoms with Gasteiger partial charge in [-0.1, -0.05) is 59.1 Å². The Morgan fingerprint density at radius 3 is 2.17 bits per heavy atom. The van der Waals surface area contributed by atoms with Gasteiger partial charge in [0.2, 0.25) is 5.91 Å². The zero-order valence-electron chi connectivity index (χ0n) is 15.8. The number of amides is 1. The fourth-order valence-corrected chi connectivity index (χ4v) is 4.88. The predicted octanol–water partition coefficient (Wildman–Crippen LogP) is 5.79. The number of hydrogen-bond donors (Lipinski definition) is 1. The van der Waals surface area contributed by atoms with Crippen LogP contribution in [0.2, 0.25) is 15.1 Å². The van der Waals surface area contributed by atoms with Crippen LogP contribution in [-0.2, 0) is 14.8 Å². The number of carbonyl (C=O) groups is 1. The molecule has 9 heteroatoms. The molecule has 0 radical (unpaired) electrons. The second-order valence-electron chi connectivity index (χ2n) is 6.46. The third kappa shape index (κ3) is 5.26. The fourth-order valence-electron chi connectivity index (χ4n) is 2.77. The Morgan fingerprint density at radius 2 is 1.53 bits per heavy atom. The van der Waals surface area contributed by atoms with Crippen molar-refractivity contribution in [3.05, 3.63) is 87.4 Å². The molecule has 0 atom stereocenters. The number of nitrogens with one attached hydrogen (secondary N) is 1. The van der Waals surface area contributed by atoms with Gasteiger partial charge in [0.15, 0.2) is 0 Å². The molecule has 0 fully saturated rings. The zero-order valence-corrected chi connectivity index (χ0v) is 18.9. The summed E-state index contributed by atoms with van der Waals surface area (Å²) in [5.74, 6) is -0.545. The van der Waals surface area contributed by atoms with E-state index in [1.807, 2.05) is 0 Å². The lowest BCUT2D eigenvalue weighted by Gasteiger charge is -2.24. The normalized spacial score (nSPS) is 11.2. The van der Waals surface area contributed by atoms with E-state index in [4.69, 9.17) is 34.8 Å². The molecule has 0 saturated heterocycles. The number of anilines is 2. The first kappa shape index (κ1) is 22.4. The third-order valence-electron chi connectivity index (χ3n) is 4.23. The van der Waals surface area contributed by atoms with Crippen LogP contribution in [0.1, 0.15) is 5.56 Å². The SMILES string of the molecule is Cc1ccc(Cl)cc1NC(=O)CN(c1cc(Cl)cc(Cl)c1)S(=O)(=O)c1ccccc1. The number of hydrogen-bond acceptors (Lipinski definition) is 3. The maximum Gasteiger partial charge on any atom is 0.264 e. The van der Waals surface area contributed by atoms with E-state index in [0.29, 0.717) is 10.7 Å². The van der Waals surface area contributed by atoms with Crippen LogP contribution in [0.25, 0.3) is 0 Å². The number of carbonyl (C=O) groups excluding carboxylic acids is 1. The minimum atomic E-state index is -4.06. The largest absolute Gasteiger partial charge is 0.324 e. The summed E-state index contributed by atoms with van der Waals surface area (Å²) in [6.07, 6.45) is 0. The Bertz CT molecular complexity index is 1170. The molecule has 5 nitrogen and oxygen atoms in total. The van der Waals surface area contributed by atoms with Crippen LogP contribution in [0.3, 0.4) is 0 Å². The van der Waals surface area contributed by atoms with E-state index in [0.717, 1.165) is 9.87 Å². The predicted molar refractivity (Wildman–Crippen MR) is 122 cm³/mol. The lowest BCUT2D eigenvalue weighted by Crippen LogP contribution is -2.38. The monoisotopic (exact) mass is 482 g/mol. The molecule has 3 aromatic rings. The Balaban J connectivity index is 1.99. The standard InChI is InChI=1S/C21H17Cl3N2O3S/c1-14-7-8-15(22)12-20(14)25-21(27)13-26(18-10-16(23)9-17(24)11-18)30(28,29)19-5-3-2-4-6-19/h2-12H,13H2,1H3,(H,25,27). The van der Waals surface area contributed by atoms with Gasteiger partial charge in [-0.05, 0) is 55.0 Å². The van der Waals surface area contributed by atoms with Gasteiger partial charge in [-0.25, -0.2) is 8.42 Å². The van der Waals surface area contributed by atoms with Crippen molar-refractivity contribution in [3.8, 4) is 0 Å². The summed E-state index contributed by atoms with van der Waals surface area (Å²) in [6, 6.07) is 17.2. The molecule has 1 N–H and O–H groups in total. The van der Waals surface area contributed by atoms with E-state index >= 15 is 0 Å². The Kier molecular flexibility index (Phi) is 6.93. The summed E-state index contributed by atoms with van der Waals surface area (Å²) in [6.45, 7) is 1.32. The van der Waals surface area contributed by atoms with E-state index in [-0.39, 0.29) is 20.6 Å². The Morgan fingerprint density at radius 1 is 0.900 bits per heavy atom. The summed E-state index contributed by atoms with van der Waals surface area (Å²) in [7, 11) is -4.06. The highest BCUT2D eigenvalue weighted by molar-refractivity contribution is 7.92. The van der Waals surface area contributed by atoms with Gasteiger partial charge in [-0.3, -0.25) is 9.10 Å². The van der Waals surface area contributed by atoms with Gasteiger partial charge < -0.3 is 5.32 Å². The van der Waals surface area contributed by atoms with E-state index in [1.165, 1.54) is 30.3 Å². The molecule has 1 amide bonds. The van der Waals surface area contributed by atoms with Crippen molar-refractivity contribution in [3.63, 3.8) is 0 Å². The number of benzene rings is 3. The second-order valence-corrected chi connectivity index (χ2v) is 9.63. The van der Waals surface area contributed by atoms with E-state index in [2.05, 4.69) is 5.32 Å². The van der Waals surface area contributed by atoms with Gasteiger partial charge in [0.1, 0.15) is 6.54 Å². The van der Waals surface area contributed by atoms with Crippen molar-refractivity contribution in [1.82, 2.24) is 0 Å². The average Bonchev–Trinajstić information content (AvgIpc) is 2.68. The van der Waals surface area contributed by atoms with Crippen LogP contribution >= 0.6 is 34.8 Å². The zero-order chi connectivity index (χ0) is 21.9. The molecule has 0 aliphatic rings. The summed E-state index contributed by atoms with van der Waals surface area (Å²) < 4.78 is 27.6. The molecule has 0 saturated carbocycles. The highest BCUT2D eigenvalue weighted by Gasteiger charge is 2.28. The summed E-state index contributed by atoms with van der Waals surface area (Å²) in [5.41, 5.74) is 1.46. The molecule has 0 unspecified atom stereocenters. The molecule has 0 bridgehead atoms. The van der Waals surface area contributed by atoms with Crippen molar-refractivity contribution in [2.24, 2.45) is 0 Å². The van der Waals surface area contributed by atoms with Gasteiger partial charge in [0, 0.05) is 20.8 Å². The smallest absolute Gasteiger partial charge is 0.264 e. The van der Waals surface area contributed by atoms with Crippen LogP contribution < -0.4 is 9.62 Å². The lowest BCUT2D eigenvalue weighted by atomic mass is 10.2. The summed E-state index contributed by atoms with van der Waals surface area (Å²) in [4.78, 5) is 12.8. The van der Waals surface area contributed by atoms with Gasteiger partial charge in [-0.2, -0.15) is 0 Å². The Hall–Kier alpha value is -2.25. The van der Waals surface area contributed by atoms with Crippen molar-refractivity contribution in [2.45, 2.75) is 11.8 Å². The van der Waals surface area contributed by atoms with E-state index < -0.39 is 22.5 Å². The van der Waals surface area contributed by atoms with Gasteiger partial charge >= 0.3 is 0 Å². The number of aryl methyl sites for hydroxylation is 1. The highest BCUT2D eigenvalue weighted by Crippen LogP contribution is 2.30.